The second kappa shape index (κ2) is 11.5. The molecule has 146 valence electrons. The van der Waals surface area contributed by atoms with E-state index in [2.05, 4.69) is 20.9 Å². The standard InChI is InChI=1S/C19H22N4O2.2ClH/c24-18(15-4-3-10-20-13-15)23-16-8-6-14(7-9-16)12-22-19(25)17-5-1-2-11-21-17;;/h3-4,6-10,13,17,21H,1-2,5,11-12H2,(H,22,25)(H,23,24);2*1H/t17-;;/m1../s1. The van der Waals surface area contributed by atoms with Crippen LogP contribution in [-0.2, 0) is 11.3 Å². The Labute approximate surface area is 171 Å². The molecule has 2 aromatic rings. The summed E-state index contributed by atoms with van der Waals surface area (Å²) in [4.78, 5) is 28.1. The third kappa shape index (κ3) is 6.82. The Morgan fingerprint density at radius 1 is 1.11 bits per heavy atom. The quantitative estimate of drug-likeness (QED) is 0.707. The number of hydrogen-bond donors (Lipinski definition) is 3. The number of nitrogens with one attached hydrogen (secondary N) is 3. The van der Waals surface area contributed by atoms with Crippen molar-refractivity contribution < 1.29 is 9.59 Å². The summed E-state index contributed by atoms with van der Waals surface area (Å²) in [6.45, 7) is 1.39. The summed E-state index contributed by atoms with van der Waals surface area (Å²) >= 11 is 0. The molecule has 2 amide bonds. The van der Waals surface area contributed by atoms with E-state index in [4.69, 9.17) is 0 Å². The van der Waals surface area contributed by atoms with Crippen molar-refractivity contribution in [1.82, 2.24) is 15.6 Å². The van der Waals surface area contributed by atoms with Crippen molar-refractivity contribution in [3.8, 4) is 0 Å². The Kier molecular flexibility index (Phi) is 9.78. The molecule has 0 unspecified atom stereocenters. The van der Waals surface area contributed by atoms with Crippen molar-refractivity contribution >= 4 is 42.3 Å². The van der Waals surface area contributed by atoms with Gasteiger partial charge < -0.3 is 16.0 Å². The van der Waals surface area contributed by atoms with E-state index in [0.717, 1.165) is 31.4 Å². The van der Waals surface area contributed by atoms with E-state index < -0.39 is 0 Å². The summed E-state index contributed by atoms with van der Waals surface area (Å²) in [6.07, 6.45) is 6.28. The summed E-state index contributed by atoms with van der Waals surface area (Å²) in [5.74, 6) is -0.147. The molecule has 1 aromatic carbocycles. The van der Waals surface area contributed by atoms with Gasteiger partial charge in [0.1, 0.15) is 0 Å². The number of amides is 2. The van der Waals surface area contributed by atoms with Gasteiger partial charge in [-0.05, 0) is 49.2 Å². The molecule has 0 saturated carbocycles. The third-order valence-electron chi connectivity index (χ3n) is 4.23. The van der Waals surface area contributed by atoms with E-state index in [-0.39, 0.29) is 42.7 Å². The molecule has 3 N–H and O–H groups in total. The highest BCUT2D eigenvalue weighted by Gasteiger charge is 2.19. The number of hydrogen-bond acceptors (Lipinski definition) is 4. The largest absolute Gasteiger partial charge is 0.351 e. The number of piperidine rings is 1. The SMILES string of the molecule is Cl.Cl.O=C(Nc1ccc(CNC(=O)[C@H]2CCCCN2)cc1)c1cccnc1. The summed E-state index contributed by atoms with van der Waals surface area (Å²) < 4.78 is 0. The maximum absolute atomic E-state index is 12.1. The summed E-state index contributed by atoms with van der Waals surface area (Å²) in [5, 5.41) is 9.02. The Morgan fingerprint density at radius 3 is 2.52 bits per heavy atom. The van der Waals surface area contributed by atoms with Crippen molar-refractivity contribution in [2.75, 3.05) is 11.9 Å². The molecule has 1 fully saturated rings. The maximum Gasteiger partial charge on any atom is 0.257 e. The smallest absolute Gasteiger partial charge is 0.257 e. The number of carbonyl (C=O) groups excluding carboxylic acids is 2. The normalized spacial score (nSPS) is 15.6. The lowest BCUT2D eigenvalue weighted by Crippen LogP contribution is -2.46. The first kappa shape index (κ1) is 22.9. The van der Waals surface area contributed by atoms with E-state index in [1.165, 1.54) is 6.20 Å². The second-order valence-corrected chi connectivity index (χ2v) is 6.11. The fourth-order valence-electron chi connectivity index (χ4n) is 2.79. The van der Waals surface area contributed by atoms with Crippen molar-refractivity contribution in [2.45, 2.75) is 31.8 Å². The van der Waals surface area contributed by atoms with Gasteiger partial charge in [0.15, 0.2) is 0 Å². The molecule has 0 spiro atoms. The van der Waals surface area contributed by atoms with Gasteiger partial charge in [-0.2, -0.15) is 0 Å². The molecule has 2 heterocycles. The van der Waals surface area contributed by atoms with Crippen molar-refractivity contribution in [3.05, 3.63) is 59.9 Å². The summed E-state index contributed by atoms with van der Waals surface area (Å²) in [5.41, 5.74) is 2.21. The molecule has 27 heavy (non-hydrogen) atoms. The van der Waals surface area contributed by atoms with Crippen LogP contribution in [0.2, 0.25) is 0 Å². The molecule has 3 rings (SSSR count). The highest BCUT2D eigenvalue weighted by molar-refractivity contribution is 6.04. The van der Waals surface area contributed by atoms with Gasteiger partial charge in [0.25, 0.3) is 5.91 Å². The van der Waals surface area contributed by atoms with Gasteiger partial charge in [0.05, 0.1) is 11.6 Å². The van der Waals surface area contributed by atoms with Gasteiger partial charge in [-0.15, -0.1) is 24.8 Å². The van der Waals surface area contributed by atoms with Crippen molar-refractivity contribution in [2.24, 2.45) is 0 Å². The Morgan fingerprint density at radius 2 is 1.89 bits per heavy atom. The minimum absolute atomic E-state index is 0. The van der Waals surface area contributed by atoms with Crippen LogP contribution in [-0.4, -0.2) is 29.4 Å². The maximum atomic E-state index is 12.1. The number of halogens is 2. The molecular weight excluding hydrogens is 387 g/mol. The average Bonchev–Trinajstić information content (AvgIpc) is 2.68. The predicted octanol–water partition coefficient (Wildman–Crippen LogP) is 2.94. The van der Waals surface area contributed by atoms with Crippen molar-refractivity contribution in [1.29, 1.82) is 0 Å². The van der Waals surface area contributed by atoms with E-state index in [1.807, 2.05) is 24.3 Å². The van der Waals surface area contributed by atoms with Crippen LogP contribution in [0.15, 0.2) is 48.8 Å². The number of benzene rings is 1. The number of pyridine rings is 1. The van der Waals surface area contributed by atoms with Crippen LogP contribution in [0.25, 0.3) is 0 Å². The summed E-state index contributed by atoms with van der Waals surface area (Å²) in [7, 11) is 0. The summed E-state index contributed by atoms with van der Waals surface area (Å²) in [6, 6.07) is 10.8. The van der Waals surface area contributed by atoms with Gasteiger partial charge >= 0.3 is 0 Å². The van der Waals surface area contributed by atoms with Gasteiger partial charge in [-0.3, -0.25) is 14.6 Å². The van der Waals surface area contributed by atoms with Crippen molar-refractivity contribution in [3.63, 3.8) is 0 Å². The van der Waals surface area contributed by atoms with Gasteiger partial charge in [-0.25, -0.2) is 0 Å². The molecular formula is C19H24Cl2N4O2. The topological polar surface area (TPSA) is 83.1 Å². The zero-order valence-electron chi connectivity index (χ0n) is 14.8. The lowest BCUT2D eigenvalue weighted by atomic mass is 10.0. The molecule has 0 bridgehead atoms. The molecule has 0 aliphatic carbocycles. The molecule has 1 aliphatic heterocycles. The molecule has 1 saturated heterocycles. The van der Waals surface area contributed by atoms with Crippen LogP contribution in [0.1, 0.15) is 35.2 Å². The zero-order chi connectivity index (χ0) is 17.5. The molecule has 1 aliphatic rings. The minimum Gasteiger partial charge on any atom is -0.351 e. The Hall–Kier alpha value is -2.15. The monoisotopic (exact) mass is 410 g/mol. The van der Waals surface area contributed by atoms with Crippen LogP contribution in [0, 0.1) is 0 Å². The van der Waals surface area contributed by atoms with Crippen LogP contribution < -0.4 is 16.0 Å². The zero-order valence-corrected chi connectivity index (χ0v) is 16.4. The lowest BCUT2D eigenvalue weighted by Gasteiger charge is -2.22. The first-order valence-corrected chi connectivity index (χ1v) is 8.54. The van der Waals surface area contributed by atoms with Crippen LogP contribution >= 0.6 is 24.8 Å². The van der Waals surface area contributed by atoms with E-state index in [0.29, 0.717) is 17.8 Å². The van der Waals surface area contributed by atoms with Crippen LogP contribution in [0.3, 0.4) is 0 Å². The molecule has 0 radical (unpaired) electrons. The van der Waals surface area contributed by atoms with Crippen LogP contribution in [0.4, 0.5) is 5.69 Å². The highest BCUT2D eigenvalue weighted by atomic mass is 35.5. The first-order chi connectivity index (χ1) is 12.2. The van der Waals surface area contributed by atoms with E-state index >= 15 is 0 Å². The third-order valence-corrected chi connectivity index (χ3v) is 4.23. The van der Waals surface area contributed by atoms with E-state index in [9.17, 15) is 9.59 Å². The molecule has 8 heteroatoms. The molecule has 6 nitrogen and oxygen atoms in total. The highest BCUT2D eigenvalue weighted by Crippen LogP contribution is 2.12. The fraction of sp³-hybridized carbons (Fsp3) is 0.316. The predicted molar refractivity (Wildman–Crippen MR) is 111 cm³/mol. The van der Waals surface area contributed by atoms with E-state index in [1.54, 1.807) is 18.3 Å². The lowest BCUT2D eigenvalue weighted by molar-refractivity contribution is -0.123. The number of aromatic nitrogens is 1. The van der Waals surface area contributed by atoms with Gasteiger partial charge in [0, 0.05) is 24.6 Å². The molecule has 1 atom stereocenters. The average molecular weight is 411 g/mol. The fourth-order valence-corrected chi connectivity index (χ4v) is 2.79. The molecule has 1 aromatic heterocycles. The first-order valence-electron chi connectivity index (χ1n) is 8.54. The van der Waals surface area contributed by atoms with Gasteiger partial charge in [-0.1, -0.05) is 18.6 Å². The Bertz CT molecular complexity index is 720. The minimum atomic E-state index is -0.197. The number of rotatable bonds is 5. The Balaban J connectivity index is 0.00000182. The number of anilines is 1. The van der Waals surface area contributed by atoms with Crippen LogP contribution in [0.5, 0.6) is 0 Å². The number of carbonyl (C=O) groups is 2. The second-order valence-electron chi connectivity index (χ2n) is 6.11. The number of nitrogens with zero attached hydrogens (tertiary/aromatic N) is 1. The van der Waals surface area contributed by atoms with Gasteiger partial charge in [0.2, 0.25) is 5.91 Å².